The summed E-state index contributed by atoms with van der Waals surface area (Å²) >= 11 is 0. The molecular formula is C14H29FN2O3S. The summed E-state index contributed by atoms with van der Waals surface area (Å²) in [7, 11) is -0.0415. The van der Waals surface area contributed by atoms with Gasteiger partial charge in [-0.3, -0.25) is 9.52 Å². The van der Waals surface area contributed by atoms with Crippen LogP contribution in [0.25, 0.3) is 0 Å². The molecule has 21 heavy (non-hydrogen) atoms. The standard InChI is InChI=1S/C14H29FN2O3S/c1-11(2)14(18)16-10-13(15)12(3)20-9-8-19-7-6-17-21(4)5/h11-13,17H,4,6-10H2,1-3,5H3,(H,16,18). The maximum Gasteiger partial charge on any atom is 0.222 e. The van der Waals surface area contributed by atoms with E-state index in [-0.39, 0.29) is 29.0 Å². The molecule has 0 aromatic rings. The van der Waals surface area contributed by atoms with Gasteiger partial charge in [-0.25, -0.2) is 4.39 Å². The number of rotatable bonds is 12. The lowest BCUT2D eigenvalue weighted by molar-refractivity contribution is -0.124. The zero-order valence-electron chi connectivity index (χ0n) is 13.5. The minimum atomic E-state index is -1.22. The van der Waals surface area contributed by atoms with Crippen LogP contribution in [0.3, 0.4) is 0 Å². The molecule has 3 atom stereocenters. The van der Waals surface area contributed by atoms with E-state index in [1.54, 1.807) is 20.8 Å². The first kappa shape index (κ1) is 20.5. The highest BCUT2D eigenvalue weighted by Crippen LogP contribution is 2.03. The molecular weight excluding hydrogens is 295 g/mol. The van der Waals surface area contributed by atoms with E-state index in [4.69, 9.17) is 9.47 Å². The summed E-state index contributed by atoms with van der Waals surface area (Å²) in [6, 6.07) is 0. The van der Waals surface area contributed by atoms with Crippen molar-refractivity contribution in [2.45, 2.75) is 33.0 Å². The lowest BCUT2D eigenvalue weighted by Gasteiger charge is -2.18. The van der Waals surface area contributed by atoms with Crippen LogP contribution in [0.5, 0.6) is 0 Å². The summed E-state index contributed by atoms with van der Waals surface area (Å²) < 4.78 is 27.6. The fourth-order valence-corrected chi connectivity index (χ4v) is 1.79. The van der Waals surface area contributed by atoms with Crippen LogP contribution in [0.2, 0.25) is 0 Å². The van der Waals surface area contributed by atoms with Gasteiger partial charge in [-0.15, -0.1) is 10.7 Å². The molecule has 7 heteroatoms. The highest BCUT2D eigenvalue weighted by atomic mass is 32.2. The fraction of sp³-hybridized carbons (Fsp3) is 0.857. The van der Waals surface area contributed by atoms with E-state index in [2.05, 4.69) is 15.9 Å². The monoisotopic (exact) mass is 324 g/mol. The van der Waals surface area contributed by atoms with Crippen molar-refractivity contribution >= 4 is 22.4 Å². The Morgan fingerprint density at radius 2 is 1.95 bits per heavy atom. The van der Waals surface area contributed by atoms with Crippen LogP contribution in [0.15, 0.2) is 0 Å². The van der Waals surface area contributed by atoms with E-state index in [0.717, 1.165) is 6.54 Å². The topological polar surface area (TPSA) is 59.6 Å². The van der Waals surface area contributed by atoms with Crippen LogP contribution < -0.4 is 10.0 Å². The lowest BCUT2D eigenvalue weighted by atomic mass is 10.2. The maximum atomic E-state index is 13.7. The minimum Gasteiger partial charge on any atom is -0.378 e. The van der Waals surface area contributed by atoms with Crippen molar-refractivity contribution in [3.05, 3.63) is 0 Å². The van der Waals surface area contributed by atoms with Gasteiger partial charge in [-0.05, 0) is 13.2 Å². The summed E-state index contributed by atoms with van der Waals surface area (Å²) in [5.74, 6) is 3.53. The lowest BCUT2D eigenvalue weighted by Crippen LogP contribution is -2.38. The van der Waals surface area contributed by atoms with E-state index in [1.165, 1.54) is 0 Å². The summed E-state index contributed by atoms with van der Waals surface area (Å²) in [5.41, 5.74) is 0. The van der Waals surface area contributed by atoms with Gasteiger partial charge in [0.25, 0.3) is 0 Å². The summed E-state index contributed by atoms with van der Waals surface area (Å²) in [4.78, 5) is 11.3. The Morgan fingerprint density at radius 1 is 1.29 bits per heavy atom. The molecule has 0 aliphatic carbocycles. The van der Waals surface area contributed by atoms with E-state index < -0.39 is 12.3 Å². The number of amides is 1. The number of carbonyl (C=O) groups excluding carboxylic acids is 1. The summed E-state index contributed by atoms with van der Waals surface area (Å²) in [6.07, 6.45) is 0.202. The molecule has 0 aliphatic heterocycles. The summed E-state index contributed by atoms with van der Waals surface area (Å²) in [5, 5.41) is 2.55. The van der Waals surface area contributed by atoms with Crippen LogP contribution in [-0.2, 0) is 14.3 Å². The molecule has 0 aromatic carbocycles. The van der Waals surface area contributed by atoms with Crippen molar-refractivity contribution < 1.29 is 18.7 Å². The Hall–Kier alpha value is -0.500. The largest absolute Gasteiger partial charge is 0.378 e. The first-order valence-corrected chi connectivity index (χ1v) is 8.95. The highest BCUT2D eigenvalue weighted by molar-refractivity contribution is 8.11. The molecule has 0 saturated heterocycles. The van der Waals surface area contributed by atoms with Gasteiger partial charge in [-0.1, -0.05) is 19.7 Å². The van der Waals surface area contributed by atoms with Crippen molar-refractivity contribution in [1.82, 2.24) is 10.0 Å². The van der Waals surface area contributed by atoms with E-state index in [1.807, 2.05) is 6.26 Å². The zero-order valence-corrected chi connectivity index (χ0v) is 14.3. The van der Waals surface area contributed by atoms with Crippen molar-refractivity contribution in [3.8, 4) is 0 Å². The fourth-order valence-electron chi connectivity index (χ4n) is 1.36. The number of nitrogens with one attached hydrogen (secondary N) is 2. The Bertz CT molecular complexity index is 317. The third-order valence-electron chi connectivity index (χ3n) is 2.71. The molecule has 0 fully saturated rings. The smallest absolute Gasteiger partial charge is 0.222 e. The number of halogens is 1. The normalized spacial score (nSPS) is 15.7. The Morgan fingerprint density at radius 3 is 2.52 bits per heavy atom. The van der Waals surface area contributed by atoms with Crippen molar-refractivity contribution in [1.29, 1.82) is 0 Å². The number of ether oxygens (including phenoxy) is 2. The zero-order chi connectivity index (χ0) is 16.3. The van der Waals surface area contributed by atoms with E-state index in [9.17, 15) is 9.18 Å². The maximum absolute atomic E-state index is 13.7. The quantitative estimate of drug-likeness (QED) is 0.420. The van der Waals surface area contributed by atoms with Gasteiger partial charge >= 0.3 is 0 Å². The molecule has 0 bridgehead atoms. The van der Waals surface area contributed by atoms with Crippen molar-refractivity contribution in [3.63, 3.8) is 0 Å². The van der Waals surface area contributed by atoms with Crippen LogP contribution in [0.4, 0.5) is 4.39 Å². The van der Waals surface area contributed by atoms with Gasteiger partial charge in [-0.2, -0.15) is 0 Å². The summed E-state index contributed by atoms with van der Waals surface area (Å²) in [6.45, 7) is 7.24. The SMILES string of the molecule is C=S(C)NCCOCCOC(C)C(F)CNC(=O)C(C)C. The highest BCUT2D eigenvalue weighted by Gasteiger charge is 2.18. The molecule has 0 rings (SSSR count). The van der Waals surface area contributed by atoms with Crippen LogP contribution in [0.1, 0.15) is 20.8 Å². The molecule has 0 heterocycles. The number of carbonyl (C=O) groups is 1. The molecule has 5 nitrogen and oxygen atoms in total. The van der Waals surface area contributed by atoms with Crippen LogP contribution >= 0.6 is 10.7 Å². The molecule has 0 aromatic heterocycles. The molecule has 1 amide bonds. The molecule has 3 unspecified atom stereocenters. The third kappa shape index (κ3) is 11.8. The Labute approximate surface area is 130 Å². The number of hydrogen-bond donors (Lipinski definition) is 2. The van der Waals surface area contributed by atoms with E-state index in [0.29, 0.717) is 19.8 Å². The third-order valence-corrected chi connectivity index (χ3v) is 3.41. The molecule has 0 radical (unpaired) electrons. The molecule has 0 spiro atoms. The van der Waals surface area contributed by atoms with Gasteiger partial charge in [0.1, 0.15) is 6.17 Å². The van der Waals surface area contributed by atoms with Crippen LogP contribution in [-0.4, -0.2) is 63.2 Å². The first-order chi connectivity index (χ1) is 9.84. The minimum absolute atomic E-state index is 0.0225. The predicted molar refractivity (Wildman–Crippen MR) is 87.6 cm³/mol. The second-order valence-corrected chi connectivity index (χ2v) is 6.70. The Kier molecular flexibility index (Phi) is 11.8. The predicted octanol–water partition coefficient (Wildman–Crippen LogP) is 1.35. The van der Waals surface area contributed by atoms with Gasteiger partial charge in [0.15, 0.2) is 0 Å². The molecule has 2 N–H and O–H groups in total. The van der Waals surface area contributed by atoms with Crippen molar-refractivity contribution in [2.75, 3.05) is 39.2 Å². The van der Waals surface area contributed by atoms with Crippen LogP contribution in [0, 0.1) is 5.92 Å². The second-order valence-electron chi connectivity index (χ2n) is 5.14. The van der Waals surface area contributed by atoms with Gasteiger partial charge in [0, 0.05) is 12.5 Å². The van der Waals surface area contributed by atoms with Gasteiger partial charge in [0.05, 0.1) is 32.5 Å². The van der Waals surface area contributed by atoms with E-state index >= 15 is 0 Å². The molecule has 0 aliphatic rings. The average Bonchev–Trinajstić information content (AvgIpc) is 2.42. The number of hydrogen-bond acceptors (Lipinski definition) is 4. The van der Waals surface area contributed by atoms with Crippen molar-refractivity contribution in [2.24, 2.45) is 5.92 Å². The molecule has 0 saturated carbocycles. The second kappa shape index (κ2) is 12.1. The Balaban J connectivity index is 3.57. The molecule has 126 valence electrons. The number of alkyl halides is 1. The van der Waals surface area contributed by atoms with Gasteiger partial charge in [0.2, 0.25) is 5.91 Å². The first-order valence-electron chi connectivity index (χ1n) is 7.14. The average molecular weight is 324 g/mol. The van der Waals surface area contributed by atoms with Gasteiger partial charge < -0.3 is 14.8 Å².